The Balaban J connectivity index is 1.77. The van der Waals surface area contributed by atoms with Gasteiger partial charge in [0.25, 0.3) is 0 Å². The van der Waals surface area contributed by atoms with Gasteiger partial charge in [0.2, 0.25) is 0 Å². The van der Waals surface area contributed by atoms with E-state index in [-0.39, 0.29) is 11.6 Å². The molecule has 1 saturated carbocycles. The monoisotopic (exact) mass is 408 g/mol. The van der Waals surface area contributed by atoms with Gasteiger partial charge < -0.3 is 10.0 Å². The van der Waals surface area contributed by atoms with Gasteiger partial charge in [-0.05, 0) is 57.1 Å². The number of nitrogens with zero attached hydrogens (tertiary/aromatic N) is 2. The molecule has 2 unspecified atom stereocenters. The Labute approximate surface area is 181 Å². The number of carboxylic acid groups (broad SMARTS) is 1. The van der Waals surface area contributed by atoms with Crippen LogP contribution in [0.2, 0.25) is 0 Å². The average molecular weight is 409 g/mol. The Morgan fingerprint density at radius 2 is 1.43 bits per heavy atom. The van der Waals surface area contributed by atoms with E-state index >= 15 is 0 Å². The van der Waals surface area contributed by atoms with E-state index in [4.69, 9.17) is 0 Å². The van der Waals surface area contributed by atoms with Crippen LogP contribution in [0.4, 0.5) is 4.79 Å². The second kappa shape index (κ2) is 9.65. The minimum absolute atomic E-state index is 0.0778. The van der Waals surface area contributed by atoms with Crippen LogP contribution in [-0.4, -0.2) is 38.6 Å². The van der Waals surface area contributed by atoms with E-state index in [0.717, 1.165) is 32.4 Å². The number of benzene rings is 2. The molecule has 2 aromatic carbocycles. The molecule has 1 aliphatic rings. The third-order valence-electron chi connectivity index (χ3n) is 6.33. The summed E-state index contributed by atoms with van der Waals surface area (Å²) in [7, 11) is 0. The summed E-state index contributed by atoms with van der Waals surface area (Å²) >= 11 is 0. The molecule has 0 aromatic heterocycles. The van der Waals surface area contributed by atoms with Gasteiger partial charge >= 0.3 is 6.09 Å². The summed E-state index contributed by atoms with van der Waals surface area (Å²) in [6.45, 7) is 10.0. The number of carbonyl (C=O) groups is 1. The predicted octanol–water partition coefficient (Wildman–Crippen LogP) is 6.02. The van der Waals surface area contributed by atoms with Gasteiger partial charge in [-0.25, -0.2) is 4.79 Å². The van der Waals surface area contributed by atoms with Crippen LogP contribution in [0.15, 0.2) is 60.7 Å². The summed E-state index contributed by atoms with van der Waals surface area (Å²) in [5.41, 5.74) is 2.26. The van der Waals surface area contributed by atoms with Gasteiger partial charge in [-0.15, -0.1) is 0 Å². The molecule has 30 heavy (non-hydrogen) atoms. The third kappa shape index (κ3) is 5.63. The smallest absolute Gasteiger partial charge is 0.407 e. The van der Waals surface area contributed by atoms with E-state index in [9.17, 15) is 9.90 Å². The second-order valence-corrected chi connectivity index (χ2v) is 9.71. The van der Waals surface area contributed by atoms with Crippen LogP contribution in [0.25, 0.3) is 0 Å². The summed E-state index contributed by atoms with van der Waals surface area (Å²) in [5.74, 6) is 0.327. The summed E-state index contributed by atoms with van der Waals surface area (Å²) < 4.78 is 0. The van der Waals surface area contributed by atoms with E-state index in [0.29, 0.717) is 12.0 Å². The first-order chi connectivity index (χ1) is 14.3. The van der Waals surface area contributed by atoms with Gasteiger partial charge in [-0.3, -0.25) is 4.90 Å². The molecule has 162 valence electrons. The largest absolute Gasteiger partial charge is 0.465 e. The van der Waals surface area contributed by atoms with E-state index in [2.05, 4.69) is 72.5 Å². The molecule has 0 saturated heterocycles. The van der Waals surface area contributed by atoms with Crippen LogP contribution >= 0.6 is 0 Å². The van der Waals surface area contributed by atoms with Crippen molar-refractivity contribution in [3.63, 3.8) is 0 Å². The maximum absolute atomic E-state index is 12.0. The number of hydrogen-bond donors (Lipinski definition) is 1. The first-order valence-electron chi connectivity index (χ1n) is 11.1. The van der Waals surface area contributed by atoms with Crippen molar-refractivity contribution in [3.05, 3.63) is 71.8 Å². The van der Waals surface area contributed by atoms with Gasteiger partial charge in [0.15, 0.2) is 0 Å². The van der Waals surface area contributed by atoms with Crippen molar-refractivity contribution in [3.8, 4) is 0 Å². The molecule has 4 nitrogen and oxygen atoms in total. The molecule has 0 bridgehead atoms. The zero-order valence-electron chi connectivity index (χ0n) is 18.8. The van der Waals surface area contributed by atoms with Crippen molar-refractivity contribution in [1.82, 2.24) is 9.80 Å². The fourth-order valence-electron chi connectivity index (χ4n) is 4.94. The topological polar surface area (TPSA) is 43.8 Å². The normalized spacial score (nSPS) is 22.1. The van der Waals surface area contributed by atoms with Gasteiger partial charge in [-0.1, -0.05) is 67.6 Å². The van der Waals surface area contributed by atoms with Crippen LogP contribution in [0.5, 0.6) is 0 Å². The lowest BCUT2D eigenvalue weighted by Gasteiger charge is -2.47. The van der Waals surface area contributed by atoms with E-state index in [1.54, 1.807) is 4.90 Å². The Morgan fingerprint density at radius 1 is 0.933 bits per heavy atom. The van der Waals surface area contributed by atoms with Crippen molar-refractivity contribution < 1.29 is 9.90 Å². The zero-order chi connectivity index (χ0) is 21.7. The van der Waals surface area contributed by atoms with E-state index in [1.807, 2.05) is 20.8 Å². The maximum Gasteiger partial charge on any atom is 0.407 e. The highest BCUT2D eigenvalue weighted by atomic mass is 16.4. The summed E-state index contributed by atoms with van der Waals surface area (Å²) in [6, 6.07) is 21.8. The third-order valence-corrected chi connectivity index (χ3v) is 6.33. The minimum atomic E-state index is -0.803. The first kappa shape index (κ1) is 22.4. The highest BCUT2D eigenvalue weighted by Gasteiger charge is 2.40. The lowest BCUT2D eigenvalue weighted by molar-refractivity contribution is 0.0125. The van der Waals surface area contributed by atoms with Crippen LogP contribution in [0.3, 0.4) is 0 Å². The molecule has 0 aliphatic heterocycles. The van der Waals surface area contributed by atoms with Gasteiger partial charge in [0.1, 0.15) is 0 Å². The van der Waals surface area contributed by atoms with Crippen LogP contribution in [0.1, 0.15) is 58.1 Å². The molecule has 0 radical (unpaired) electrons. The fourth-order valence-corrected chi connectivity index (χ4v) is 4.94. The molecule has 4 heteroatoms. The molecule has 3 atom stereocenters. The lowest BCUT2D eigenvalue weighted by atomic mass is 9.79. The van der Waals surface area contributed by atoms with Crippen LogP contribution in [-0.2, 0) is 13.1 Å². The molecule has 1 aliphatic carbocycles. The molecule has 3 rings (SSSR count). The van der Waals surface area contributed by atoms with Crippen molar-refractivity contribution in [2.24, 2.45) is 5.92 Å². The molecule has 1 N–H and O–H groups in total. The Kier molecular flexibility index (Phi) is 7.19. The van der Waals surface area contributed by atoms with Gasteiger partial charge in [-0.2, -0.15) is 0 Å². The standard InChI is InChI=1S/C26H36N2O2/c1-20-17-23(15-16-24(20)28(25(29)30)26(2,3)4)27(18-21-11-7-5-8-12-21)19-22-13-9-6-10-14-22/h5-14,20,23-24H,15-19H2,1-4H3,(H,29,30)/t20?,23-,24?/m1/s1. The van der Waals surface area contributed by atoms with Crippen molar-refractivity contribution in [1.29, 1.82) is 0 Å². The van der Waals surface area contributed by atoms with E-state index < -0.39 is 6.09 Å². The molecular weight excluding hydrogens is 372 g/mol. The van der Waals surface area contributed by atoms with Gasteiger partial charge in [0, 0.05) is 30.7 Å². The average Bonchev–Trinajstić information content (AvgIpc) is 2.69. The molecule has 0 spiro atoms. The Hall–Kier alpha value is -2.33. The summed E-state index contributed by atoms with van der Waals surface area (Å²) in [4.78, 5) is 16.3. The number of rotatable bonds is 6. The molecule has 2 aromatic rings. The highest BCUT2D eigenvalue weighted by Crippen LogP contribution is 2.35. The minimum Gasteiger partial charge on any atom is -0.465 e. The first-order valence-corrected chi connectivity index (χ1v) is 11.1. The lowest BCUT2D eigenvalue weighted by Crippen LogP contribution is -2.56. The summed E-state index contributed by atoms with van der Waals surface area (Å²) in [6.07, 6.45) is 2.15. The second-order valence-electron chi connectivity index (χ2n) is 9.71. The summed E-state index contributed by atoms with van der Waals surface area (Å²) in [5, 5.41) is 9.86. The van der Waals surface area contributed by atoms with Crippen molar-refractivity contribution >= 4 is 6.09 Å². The SMILES string of the molecule is CC1C[C@H](N(Cc2ccccc2)Cc2ccccc2)CCC1N(C(=O)O)C(C)(C)C. The Bertz CT molecular complexity index is 759. The van der Waals surface area contributed by atoms with Crippen LogP contribution in [0, 0.1) is 5.92 Å². The Morgan fingerprint density at radius 3 is 1.83 bits per heavy atom. The quantitative estimate of drug-likeness (QED) is 0.635. The predicted molar refractivity (Wildman–Crippen MR) is 122 cm³/mol. The molecular formula is C26H36N2O2. The van der Waals surface area contributed by atoms with Crippen LogP contribution < -0.4 is 0 Å². The molecule has 1 fully saturated rings. The maximum atomic E-state index is 12.0. The van der Waals surface area contributed by atoms with Gasteiger partial charge in [0.05, 0.1) is 0 Å². The van der Waals surface area contributed by atoms with Crippen molar-refractivity contribution in [2.45, 2.75) is 77.7 Å². The zero-order valence-corrected chi connectivity index (χ0v) is 18.8. The highest BCUT2D eigenvalue weighted by molar-refractivity contribution is 5.66. The number of hydrogen-bond acceptors (Lipinski definition) is 2. The molecule has 0 heterocycles. The molecule has 1 amide bonds. The fraction of sp³-hybridized carbons (Fsp3) is 0.500. The number of amides is 1. The van der Waals surface area contributed by atoms with E-state index in [1.165, 1.54) is 11.1 Å². The van der Waals surface area contributed by atoms with Crippen molar-refractivity contribution in [2.75, 3.05) is 0 Å².